The lowest BCUT2D eigenvalue weighted by molar-refractivity contribution is 1.09. The van der Waals surface area contributed by atoms with Crippen molar-refractivity contribution in [2.45, 2.75) is 20.4 Å². The average Bonchev–Trinajstić information content (AvgIpc) is 2.28. The van der Waals surface area contributed by atoms with E-state index in [9.17, 15) is 0 Å². The fourth-order valence-electron chi connectivity index (χ4n) is 1.92. The molecule has 0 saturated heterocycles. The Balaban J connectivity index is 2.13. The molecule has 0 bridgehead atoms. The van der Waals surface area contributed by atoms with Crippen molar-refractivity contribution in [2.75, 3.05) is 5.32 Å². The molecular weight excluding hydrogens is 321 g/mol. The van der Waals surface area contributed by atoms with E-state index in [0.29, 0.717) is 0 Å². The van der Waals surface area contributed by atoms with Gasteiger partial charge in [-0.05, 0) is 71.3 Å². The summed E-state index contributed by atoms with van der Waals surface area (Å²) in [5.74, 6) is 0. The minimum atomic E-state index is 0.887. The van der Waals surface area contributed by atoms with Crippen molar-refractivity contribution in [2.24, 2.45) is 0 Å². The number of hydrogen-bond donors (Lipinski definition) is 1. The zero-order chi connectivity index (χ0) is 12.3. The van der Waals surface area contributed by atoms with Crippen LogP contribution in [0.4, 0.5) is 5.69 Å². The maximum atomic E-state index is 3.48. The van der Waals surface area contributed by atoms with Crippen LogP contribution in [0.25, 0.3) is 0 Å². The molecule has 0 spiro atoms. The summed E-state index contributed by atoms with van der Waals surface area (Å²) in [6, 6.07) is 14.9. The van der Waals surface area contributed by atoms with Crippen LogP contribution in [0, 0.1) is 17.4 Å². The standard InChI is InChI=1S/C15H16IN/c1-11-5-3-6-12(2)15(11)10-17-14-8-4-7-13(16)9-14/h3-9,17H,10H2,1-2H3. The summed E-state index contributed by atoms with van der Waals surface area (Å²) >= 11 is 2.33. The van der Waals surface area contributed by atoms with E-state index in [-0.39, 0.29) is 0 Å². The van der Waals surface area contributed by atoms with Crippen LogP contribution in [0.3, 0.4) is 0 Å². The number of halogens is 1. The van der Waals surface area contributed by atoms with E-state index in [1.54, 1.807) is 0 Å². The Kier molecular flexibility index (Phi) is 4.05. The van der Waals surface area contributed by atoms with E-state index >= 15 is 0 Å². The molecule has 0 heterocycles. The van der Waals surface area contributed by atoms with E-state index < -0.39 is 0 Å². The molecule has 0 aliphatic heterocycles. The van der Waals surface area contributed by atoms with Crippen LogP contribution in [0.15, 0.2) is 42.5 Å². The van der Waals surface area contributed by atoms with Gasteiger partial charge in [-0.2, -0.15) is 0 Å². The minimum Gasteiger partial charge on any atom is -0.381 e. The van der Waals surface area contributed by atoms with Crippen LogP contribution >= 0.6 is 22.6 Å². The molecule has 1 nitrogen and oxygen atoms in total. The second-order valence-electron chi connectivity index (χ2n) is 4.23. The smallest absolute Gasteiger partial charge is 0.0406 e. The van der Waals surface area contributed by atoms with Crippen molar-refractivity contribution in [3.8, 4) is 0 Å². The van der Waals surface area contributed by atoms with Crippen LogP contribution in [-0.2, 0) is 6.54 Å². The van der Waals surface area contributed by atoms with Crippen molar-refractivity contribution >= 4 is 28.3 Å². The normalized spacial score (nSPS) is 10.3. The lowest BCUT2D eigenvalue weighted by Crippen LogP contribution is -2.03. The van der Waals surface area contributed by atoms with Gasteiger partial charge in [-0.3, -0.25) is 0 Å². The number of aryl methyl sites for hydroxylation is 2. The van der Waals surface area contributed by atoms with E-state index in [2.05, 4.69) is 84.2 Å². The van der Waals surface area contributed by atoms with E-state index in [0.717, 1.165) is 6.54 Å². The monoisotopic (exact) mass is 337 g/mol. The van der Waals surface area contributed by atoms with Gasteiger partial charge in [0.25, 0.3) is 0 Å². The Labute approximate surface area is 116 Å². The van der Waals surface area contributed by atoms with Gasteiger partial charge in [0.05, 0.1) is 0 Å². The van der Waals surface area contributed by atoms with Gasteiger partial charge in [0.15, 0.2) is 0 Å². The second kappa shape index (κ2) is 5.54. The van der Waals surface area contributed by atoms with Crippen molar-refractivity contribution in [1.82, 2.24) is 0 Å². The topological polar surface area (TPSA) is 12.0 Å². The minimum absolute atomic E-state index is 0.887. The first kappa shape index (κ1) is 12.4. The van der Waals surface area contributed by atoms with Gasteiger partial charge >= 0.3 is 0 Å². The Morgan fingerprint density at radius 3 is 2.29 bits per heavy atom. The molecule has 0 aliphatic carbocycles. The SMILES string of the molecule is Cc1cccc(C)c1CNc1cccc(I)c1. The van der Waals surface area contributed by atoms with Crippen LogP contribution in [-0.4, -0.2) is 0 Å². The maximum Gasteiger partial charge on any atom is 0.0406 e. The van der Waals surface area contributed by atoms with Crippen LogP contribution < -0.4 is 5.32 Å². The zero-order valence-corrected chi connectivity index (χ0v) is 12.3. The third kappa shape index (κ3) is 3.22. The number of hydrogen-bond acceptors (Lipinski definition) is 1. The number of benzene rings is 2. The number of anilines is 1. The molecule has 0 fully saturated rings. The lowest BCUT2D eigenvalue weighted by atomic mass is 10.0. The molecule has 0 saturated carbocycles. The molecule has 2 aromatic rings. The average molecular weight is 337 g/mol. The summed E-state index contributed by atoms with van der Waals surface area (Å²) in [5, 5.41) is 3.48. The number of nitrogens with one attached hydrogen (secondary N) is 1. The Bertz CT molecular complexity index is 500. The van der Waals surface area contributed by atoms with Gasteiger partial charge in [-0.25, -0.2) is 0 Å². The highest BCUT2D eigenvalue weighted by molar-refractivity contribution is 14.1. The third-order valence-electron chi connectivity index (χ3n) is 2.94. The second-order valence-corrected chi connectivity index (χ2v) is 5.48. The Morgan fingerprint density at radius 1 is 1.00 bits per heavy atom. The Hall–Kier alpha value is -1.03. The molecule has 17 heavy (non-hydrogen) atoms. The highest BCUT2D eigenvalue weighted by Crippen LogP contribution is 2.17. The molecular formula is C15H16IN. The first-order valence-electron chi connectivity index (χ1n) is 5.71. The first-order chi connectivity index (χ1) is 8.16. The van der Waals surface area contributed by atoms with Crippen molar-refractivity contribution in [1.29, 1.82) is 0 Å². The third-order valence-corrected chi connectivity index (χ3v) is 3.61. The van der Waals surface area contributed by atoms with Crippen LogP contribution in [0.2, 0.25) is 0 Å². The summed E-state index contributed by atoms with van der Waals surface area (Å²) in [6.45, 7) is 5.22. The quantitative estimate of drug-likeness (QED) is 0.812. The van der Waals surface area contributed by atoms with Crippen molar-refractivity contribution < 1.29 is 0 Å². The summed E-state index contributed by atoms with van der Waals surface area (Å²) in [7, 11) is 0. The summed E-state index contributed by atoms with van der Waals surface area (Å²) in [6.07, 6.45) is 0. The van der Waals surface area contributed by atoms with Gasteiger partial charge < -0.3 is 5.32 Å². The molecule has 0 unspecified atom stereocenters. The maximum absolute atomic E-state index is 3.48. The van der Waals surface area contributed by atoms with Gasteiger partial charge in [-0.15, -0.1) is 0 Å². The summed E-state index contributed by atoms with van der Waals surface area (Å²) in [5.41, 5.74) is 5.28. The van der Waals surface area contributed by atoms with E-state index in [1.165, 1.54) is 25.9 Å². The predicted molar refractivity (Wildman–Crippen MR) is 82.4 cm³/mol. The van der Waals surface area contributed by atoms with Crippen LogP contribution in [0.1, 0.15) is 16.7 Å². The molecule has 0 aliphatic rings. The van der Waals surface area contributed by atoms with E-state index in [4.69, 9.17) is 0 Å². The van der Waals surface area contributed by atoms with Gasteiger partial charge in [0, 0.05) is 15.8 Å². The van der Waals surface area contributed by atoms with Gasteiger partial charge in [0.1, 0.15) is 0 Å². The van der Waals surface area contributed by atoms with Gasteiger partial charge in [-0.1, -0.05) is 24.3 Å². The Morgan fingerprint density at radius 2 is 1.65 bits per heavy atom. The zero-order valence-electron chi connectivity index (χ0n) is 10.1. The molecule has 88 valence electrons. The highest BCUT2D eigenvalue weighted by Gasteiger charge is 2.01. The molecule has 2 aromatic carbocycles. The molecule has 0 aromatic heterocycles. The van der Waals surface area contributed by atoms with Crippen molar-refractivity contribution in [3.63, 3.8) is 0 Å². The summed E-state index contributed by atoms with van der Waals surface area (Å²) < 4.78 is 1.26. The van der Waals surface area contributed by atoms with Crippen molar-refractivity contribution in [3.05, 3.63) is 62.7 Å². The predicted octanol–water partition coefficient (Wildman–Crippen LogP) is 4.52. The molecule has 1 N–H and O–H groups in total. The fourth-order valence-corrected chi connectivity index (χ4v) is 2.46. The molecule has 0 amide bonds. The molecule has 2 heteroatoms. The molecule has 0 atom stereocenters. The molecule has 2 rings (SSSR count). The lowest BCUT2D eigenvalue weighted by Gasteiger charge is -2.12. The largest absolute Gasteiger partial charge is 0.381 e. The number of rotatable bonds is 3. The molecule has 0 radical (unpaired) electrons. The highest BCUT2D eigenvalue weighted by atomic mass is 127. The van der Waals surface area contributed by atoms with Crippen LogP contribution in [0.5, 0.6) is 0 Å². The summed E-state index contributed by atoms with van der Waals surface area (Å²) in [4.78, 5) is 0. The fraction of sp³-hybridized carbons (Fsp3) is 0.200. The van der Waals surface area contributed by atoms with Gasteiger partial charge in [0.2, 0.25) is 0 Å². The van der Waals surface area contributed by atoms with E-state index in [1.807, 2.05) is 0 Å². The first-order valence-corrected chi connectivity index (χ1v) is 6.79.